The van der Waals surface area contributed by atoms with E-state index in [1.807, 2.05) is 33.7 Å². The molecule has 1 aromatic carbocycles. The van der Waals surface area contributed by atoms with E-state index >= 15 is 0 Å². The lowest BCUT2D eigenvalue weighted by molar-refractivity contribution is -0.00536. The number of aliphatic hydroxyl groups is 1. The molecule has 6 heteroatoms. The van der Waals surface area contributed by atoms with Crippen molar-refractivity contribution in [2.45, 2.75) is 51.2 Å². The Hall–Kier alpha value is -2.73. The molecule has 2 aliphatic rings. The summed E-state index contributed by atoms with van der Waals surface area (Å²) >= 11 is 0. The molecule has 1 N–H and O–H groups in total. The highest BCUT2D eigenvalue weighted by molar-refractivity contribution is 5.96. The van der Waals surface area contributed by atoms with Gasteiger partial charge >= 0.3 is 0 Å². The molecule has 0 radical (unpaired) electrons. The Morgan fingerprint density at radius 2 is 2.00 bits per heavy atom. The van der Waals surface area contributed by atoms with Gasteiger partial charge in [0.15, 0.2) is 5.65 Å². The number of carbonyl (C=O) groups excluding carboxylic acids is 1. The van der Waals surface area contributed by atoms with E-state index < -0.39 is 0 Å². The number of piperidine rings is 1. The minimum atomic E-state index is -0.283. The molecule has 2 atom stereocenters. The first kappa shape index (κ1) is 19.2. The van der Waals surface area contributed by atoms with Gasteiger partial charge in [0.2, 0.25) is 0 Å². The van der Waals surface area contributed by atoms with Gasteiger partial charge in [0.1, 0.15) is 5.52 Å². The number of amides is 1. The van der Waals surface area contributed by atoms with Gasteiger partial charge in [0.05, 0.1) is 18.0 Å². The SMILES string of the molecule is O=C(c1cnc2c(c1)ncn2CCc1ccccc1)N1CCC[C@@]2(CCC[C@H]2O)C1. The zero-order valence-electron chi connectivity index (χ0n) is 17.2. The smallest absolute Gasteiger partial charge is 0.255 e. The normalized spacial score (nSPS) is 24.0. The van der Waals surface area contributed by atoms with Gasteiger partial charge in [-0.05, 0) is 43.7 Å². The summed E-state index contributed by atoms with van der Waals surface area (Å²) in [5.74, 6) is 0.00131. The molecule has 0 unspecified atom stereocenters. The van der Waals surface area contributed by atoms with Gasteiger partial charge in [-0.3, -0.25) is 4.79 Å². The number of benzene rings is 1. The lowest BCUT2D eigenvalue weighted by Gasteiger charge is -2.42. The van der Waals surface area contributed by atoms with Crippen molar-refractivity contribution in [3.63, 3.8) is 0 Å². The summed E-state index contributed by atoms with van der Waals surface area (Å²) in [5.41, 5.74) is 3.31. The second kappa shape index (κ2) is 7.84. The highest BCUT2D eigenvalue weighted by Gasteiger charge is 2.45. The molecule has 5 rings (SSSR count). The average molecular weight is 405 g/mol. The van der Waals surface area contributed by atoms with E-state index in [2.05, 4.69) is 22.1 Å². The van der Waals surface area contributed by atoms with Crippen molar-refractivity contribution in [1.82, 2.24) is 19.4 Å². The standard InChI is InChI=1S/C24H28N4O2/c29-21-8-4-10-24(21)11-5-12-27(16-24)23(30)19-14-20-22(25-15-19)28(17-26-20)13-9-18-6-2-1-3-7-18/h1-3,6-7,14-15,17,21,29H,4-5,8-13,16H2/t21-,24+/m1/s1. The predicted octanol–water partition coefficient (Wildman–Crippen LogP) is 3.44. The summed E-state index contributed by atoms with van der Waals surface area (Å²) in [7, 11) is 0. The van der Waals surface area contributed by atoms with Gasteiger partial charge in [-0.25, -0.2) is 9.97 Å². The van der Waals surface area contributed by atoms with Gasteiger partial charge in [-0.15, -0.1) is 0 Å². The molecule has 3 heterocycles. The monoisotopic (exact) mass is 404 g/mol. The summed E-state index contributed by atoms with van der Waals surface area (Å²) in [5, 5.41) is 10.5. The third-order valence-corrected chi connectivity index (χ3v) is 6.94. The summed E-state index contributed by atoms with van der Waals surface area (Å²) in [6.45, 7) is 2.20. The van der Waals surface area contributed by atoms with Crippen LogP contribution in [0.5, 0.6) is 0 Å². The van der Waals surface area contributed by atoms with E-state index in [1.165, 1.54) is 5.56 Å². The number of nitrogens with zero attached hydrogens (tertiary/aromatic N) is 4. The van der Waals surface area contributed by atoms with Crippen molar-refractivity contribution < 1.29 is 9.90 Å². The van der Waals surface area contributed by atoms with Crippen LogP contribution in [0, 0.1) is 5.41 Å². The quantitative estimate of drug-likeness (QED) is 0.723. The number of rotatable bonds is 4. The molecule has 0 bridgehead atoms. The van der Waals surface area contributed by atoms with Gasteiger partial charge < -0.3 is 14.6 Å². The summed E-state index contributed by atoms with van der Waals surface area (Å²) in [4.78, 5) is 24.2. The first-order valence-corrected chi connectivity index (χ1v) is 11.0. The molecular formula is C24H28N4O2. The number of imidazole rings is 1. The topological polar surface area (TPSA) is 71.2 Å². The molecule has 3 aromatic rings. The fourth-order valence-corrected chi connectivity index (χ4v) is 5.24. The summed E-state index contributed by atoms with van der Waals surface area (Å²) < 4.78 is 2.04. The molecule has 2 aromatic heterocycles. The number of likely N-dealkylation sites (tertiary alicyclic amines) is 1. The molecule has 1 aliphatic heterocycles. The lowest BCUT2D eigenvalue weighted by Crippen LogP contribution is -2.49. The number of hydrogen-bond donors (Lipinski definition) is 1. The number of carbonyl (C=O) groups is 1. The van der Waals surface area contributed by atoms with Crippen LogP contribution in [0.15, 0.2) is 48.9 Å². The first-order chi connectivity index (χ1) is 14.6. The number of pyridine rings is 1. The summed E-state index contributed by atoms with van der Waals surface area (Å²) in [6.07, 6.45) is 9.00. The lowest BCUT2D eigenvalue weighted by atomic mass is 9.76. The van der Waals surface area contributed by atoms with Crippen LogP contribution in [-0.4, -0.2) is 49.6 Å². The van der Waals surface area contributed by atoms with Gasteiger partial charge in [0.25, 0.3) is 5.91 Å². The van der Waals surface area contributed by atoms with Crippen molar-refractivity contribution in [2.75, 3.05) is 13.1 Å². The number of aryl methyl sites for hydroxylation is 2. The van der Waals surface area contributed by atoms with Crippen LogP contribution in [0.3, 0.4) is 0 Å². The van der Waals surface area contributed by atoms with Crippen LogP contribution < -0.4 is 0 Å². The van der Waals surface area contributed by atoms with E-state index in [0.29, 0.717) is 12.1 Å². The van der Waals surface area contributed by atoms with E-state index in [-0.39, 0.29) is 17.4 Å². The molecule has 1 saturated heterocycles. The Morgan fingerprint density at radius 3 is 2.80 bits per heavy atom. The van der Waals surface area contributed by atoms with Gasteiger partial charge in [-0.1, -0.05) is 36.8 Å². The Kier molecular flexibility index (Phi) is 5.03. The zero-order chi connectivity index (χ0) is 20.6. The van der Waals surface area contributed by atoms with E-state index in [4.69, 9.17) is 0 Å². The molecule has 1 saturated carbocycles. The fraction of sp³-hybridized carbons (Fsp3) is 0.458. The maximum absolute atomic E-state index is 13.2. The van der Waals surface area contributed by atoms with Crippen molar-refractivity contribution in [2.24, 2.45) is 5.41 Å². The van der Waals surface area contributed by atoms with Crippen molar-refractivity contribution in [3.8, 4) is 0 Å². The molecule has 6 nitrogen and oxygen atoms in total. The Bertz CT molecular complexity index is 1050. The third kappa shape index (κ3) is 3.49. The van der Waals surface area contributed by atoms with Gasteiger partial charge in [-0.2, -0.15) is 0 Å². The molecule has 1 aliphatic carbocycles. The first-order valence-electron chi connectivity index (χ1n) is 11.0. The third-order valence-electron chi connectivity index (χ3n) is 6.94. The van der Waals surface area contributed by atoms with Crippen LogP contribution in [0.1, 0.15) is 48.0 Å². The number of aliphatic hydroxyl groups excluding tert-OH is 1. The second-order valence-corrected chi connectivity index (χ2v) is 8.84. The molecule has 1 amide bonds. The van der Waals surface area contributed by atoms with Crippen LogP contribution >= 0.6 is 0 Å². The maximum atomic E-state index is 13.2. The molecule has 1 spiro atoms. The zero-order valence-corrected chi connectivity index (χ0v) is 17.2. The molecule has 30 heavy (non-hydrogen) atoms. The van der Waals surface area contributed by atoms with Crippen molar-refractivity contribution >= 4 is 17.1 Å². The molecule has 156 valence electrons. The maximum Gasteiger partial charge on any atom is 0.255 e. The van der Waals surface area contributed by atoms with E-state index in [1.54, 1.807) is 12.5 Å². The van der Waals surface area contributed by atoms with E-state index in [0.717, 1.165) is 62.8 Å². The highest BCUT2D eigenvalue weighted by atomic mass is 16.3. The number of aromatic nitrogens is 3. The van der Waals surface area contributed by atoms with Crippen LogP contribution in [0.25, 0.3) is 11.2 Å². The second-order valence-electron chi connectivity index (χ2n) is 8.84. The van der Waals surface area contributed by atoms with Crippen molar-refractivity contribution in [1.29, 1.82) is 0 Å². The predicted molar refractivity (Wildman–Crippen MR) is 115 cm³/mol. The highest BCUT2D eigenvalue weighted by Crippen LogP contribution is 2.45. The average Bonchev–Trinajstić information content (AvgIpc) is 3.35. The minimum Gasteiger partial charge on any atom is -0.392 e. The molecular weight excluding hydrogens is 376 g/mol. The molecule has 2 fully saturated rings. The Morgan fingerprint density at radius 1 is 1.17 bits per heavy atom. The number of fused-ring (bicyclic) bond motifs is 1. The Labute approximate surface area is 176 Å². The van der Waals surface area contributed by atoms with Crippen LogP contribution in [0.4, 0.5) is 0 Å². The Balaban J connectivity index is 1.32. The van der Waals surface area contributed by atoms with Crippen LogP contribution in [-0.2, 0) is 13.0 Å². The summed E-state index contributed by atoms with van der Waals surface area (Å²) in [6, 6.07) is 12.2. The van der Waals surface area contributed by atoms with Gasteiger partial charge in [0, 0.05) is 31.2 Å². The minimum absolute atomic E-state index is 0.00131. The van der Waals surface area contributed by atoms with Crippen LogP contribution in [0.2, 0.25) is 0 Å². The number of hydrogen-bond acceptors (Lipinski definition) is 4. The van der Waals surface area contributed by atoms with E-state index in [9.17, 15) is 9.90 Å². The fourth-order valence-electron chi connectivity index (χ4n) is 5.24. The largest absolute Gasteiger partial charge is 0.392 e. The van der Waals surface area contributed by atoms with Crippen molar-refractivity contribution in [3.05, 3.63) is 60.0 Å².